The Morgan fingerprint density at radius 2 is 1.73 bits per heavy atom. The van der Waals surface area contributed by atoms with Crippen molar-refractivity contribution in [3.05, 3.63) is 59.7 Å². The number of rotatable bonds is 8. The van der Waals surface area contributed by atoms with Crippen molar-refractivity contribution in [3.63, 3.8) is 0 Å². The predicted octanol–water partition coefficient (Wildman–Crippen LogP) is 4.57. The van der Waals surface area contributed by atoms with Crippen molar-refractivity contribution in [2.24, 2.45) is 5.92 Å². The predicted molar refractivity (Wildman–Crippen MR) is 139 cm³/mol. The van der Waals surface area contributed by atoms with E-state index in [4.69, 9.17) is 0 Å². The molecule has 11 heteroatoms. The number of benzene rings is 2. The van der Waals surface area contributed by atoms with Gasteiger partial charge in [-0.2, -0.15) is 0 Å². The van der Waals surface area contributed by atoms with E-state index in [1.165, 1.54) is 24.3 Å². The van der Waals surface area contributed by atoms with Crippen LogP contribution in [0.5, 0.6) is 0 Å². The highest BCUT2D eigenvalue weighted by atomic mass is 32.2. The number of fused-ring (bicyclic) bond motifs is 1. The van der Waals surface area contributed by atoms with Crippen LogP contribution in [0.4, 0.5) is 20.3 Å². The second-order valence-corrected chi connectivity index (χ2v) is 11.4. The molecule has 1 aliphatic rings. The number of hydrogen-bond donors (Lipinski definition) is 2. The molecule has 0 amide bonds. The van der Waals surface area contributed by atoms with Crippen molar-refractivity contribution < 1.29 is 27.1 Å². The maximum Gasteiger partial charge on any atom is 0.336 e. The lowest BCUT2D eigenvalue weighted by Crippen LogP contribution is -2.50. The fourth-order valence-corrected chi connectivity index (χ4v) is 5.76. The maximum atomic E-state index is 13.6. The molecule has 0 spiro atoms. The van der Waals surface area contributed by atoms with Gasteiger partial charge in [0.2, 0.25) is 0 Å². The minimum atomic E-state index is -4.24. The summed E-state index contributed by atoms with van der Waals surface area (Å²) in [4.78, 5) is 20.8. The molecule has 1 aliphatic heterocycles. The van der Waals surface area contributed by atoms with Gasteiger partial charge in [-0.1, -0.05) is 13.8 Å². The first-order chi connectivity index (χ1) is 17.4. The van der Waals surface area contributed by atoms with Gasteiger partial charge < -0.3 is 10.0 Å². The average molecular weight is 533 g/mol. The number of carboxylic acid groups (broad SMARTS) is 1. The molecule has 1 saturated heterocycles. The molecule has 2 aromatic carbocycles. The number of nitrogens with one attached hydrogen (secondary N) is 1. The molecule has 0 radical (unpaired) electrons. The highest BCUT2D eigenvalue weighted by molar-refractivity contribution is 7.92. The van der Waals surface area contributed by atoms with Crippen molar-refractivity contribution in [1.82, 2.24) is 9.88 Å². The number of piperazine rings is 1. The molecular formula is C26H30F2N4O4S. The smallest absolute Gasteiger partial charge is 0.336 e. The molecule has 2 N–H and O–H groups in total. The molecule has 37 heavy (non-hydrogen) atoms. The molecule has 198 valence electrons. The van der Waals surface area contributed by atoms with Crippen molar-refractivity contribution >= 4 is 38.4 Å². The summed E-state index contributed by atoms with van der Waals surface area (Å²) in [6.07, 6.45) is 1.11. The third kappa shape index (κ3) is 5.99. The molecule has 0 unspecified atom stereocenters. The Morgan fingerprint density at radius 3 is 2.35 bits per heavy atom. The summed E-state index contributed by atoms with van der Waals surface area (Å²) in [7, 11) is -4.24. The minimum absolute atomic E-state index is 0.00974. The molecule has 1 fully saturated rings. The monoisotopic (exact) mass is 532 g/mol. The molecule has 0 saturated carbocycles. The number of pyridine rings is 1. The Hall–Kier alpha value is -3.31. The summed E-state index contributed by atoms with van der Waals surface area (Å²) < 4.78 is 54.4. The van der Waals surface area contributed by atoms with Gasteiger partial charge in [0.15, 0.2) is 11.6 Å². The van der Waals surface area contributed by atoms with E-state index in [2.05, 4.69) is 40.3 Å². The molecular weight excluding hydrogens is 502 g/mol. The van der Waals surface area contributed by atoms with Gasteiger partial charge in [-0.3, -0.25) is 9.62 Å². The number of carboxylic acids is 1. The van der Waals surface area contributed by atoms with Crippen molar-refractivity contribution in [1.29, 1.82) is 0 Å². The van der Waals surface area contributed by atoms with Gasteiger partial charge in [0.05, 0.1) is 16.0 Å². The summed E-state index contributed by atoms with van der Waals surface area (Å²) in [5.74, 6) is -2.46. The van der Waals surface area contributed by atoms with Gasteiger partial charge in [0.1, 0.15) is 5.82 Å². The van der Waals surface area contributed by atoms with Crippen LogP contribution in [0.15, 0.2) is 47.4 Å². The molecule has 8 nitrogen and oxygen atoms in total. The zero-order valence-corrected chi connectivity index (χ0v) is 21.7. The van der Waals surface area contributed by atoms with Crippen molar-refractivity contribution in [2.45, 2.75) is 38.1 Å². The third-order valence-electron chi connectivity index (χ3n) is 6.55. The number of anilines is 2. The van der Waals surface area contributed by atoms with Crippen LogP contribution in [-0.2, 0) is 10.0 Å². The molecule has 3 aromatic rings. The second kappa shape index (κ2) is 10.6. The number of aromatic carboxylic acids is 1. The highest BCUT2D eigenvalue weighted by Crippen LogP contribution is 2.28. The quantitative estimate of drug-likeness (QED) is 0.438. The second-order valence-electron chi connectivity index (χ2n) is 9.75. The van der Waals surface area contributed by atoms with Gasteiger partial charge in [-0.05, 0) is 61.7 Å². The number of nitrogens with zero attached hydrogens (tertiary/aromatic N) is 3. The van der Waals surface area contributed by atoms with E-state index >= 15 is 0 Å². The lowest BCUT2D eigenvalue weighted by molar-refractivity contribution is 0.0699. The molecule has 2 heterocycles. The first-order valence-electron chi connectivity index (χ1n) is 12.1. The fraction of sp³-hybridized carbons (Fsp3) is 0.385. The van der Waals surface area contributed by atoms with Crippen LogP contribution in [0.25, 0.3) is 10.9 Å². The van der Waals surface area contributed by atoms with Gasteiger partial charge >= 0.3 is 5.97 Å². The normalized spacial score (nSPS) is 15.8. The van der Waals surface area contributed by atoms with Gasteiger partial charge in [0, 0.05) is 43.3 Å². The zero-order chi connectivity index (χ0) is 26.9. The van der Waals surface area contributed by atoms with E-state index in [1.54, 1.807) is 0 Å². The zero-order valence-electron chi connectivity index (χ0n) is 20.9. The Morgan fingerprint density at radius 1 is 1.03 bits per heavy atom. The number of aromatic nitrogens is 1. The summed E-state index contributed by atoms with van der Waals surface area (Å²) in [6.45, 7) is 9.76. The number of halogens is 2. The Balaban J connectivity index is 1.59. The SMILES string of the molecule is CC(C)C[C@H](C)N1CCN(c2cc(C(=O)O)c3cc(NS(=O)(=O)c4ccc(F)c(F)c4)ccc3n2)CC1. The largest absolute Gasteiger partial charge is 0.478 e. The average Bonchev–Trinajstić information content (AvgIpc) is 2.84. The van der Waals surface area contributed by atoms with E-state index in [9.17, 15) is 27.1 Å². The summed E-state index contributed by atoms with van der Waals surface area (Å²) in [5.41, 5.74) is 0.466. The van der Waals surface area contributed by atoms with Crippen molar-refractivity contribution in [3.8, 4) is 0 Å². The van der Waals surface area contributed by atoms with Crippen LogP contribution in [0, 0.1) is 17.6 Å². The van der Waals surface area contributed by atoms with Gasteiger partial charge in [0.25, 0.3) is 10.0 Å². The molecule has 0 aliphatic carbocycles. The Bertz CT molecular complexity index is 1420. The Labute approximate surface area is 215 Å². The summed E-state index contributed by atoms with van der Waals surface area (Å²) in [5, 5.41) is 10.1. The van der Waals surface area contributed by atoms with Crippen LogP contribution in [0.2, 0.25) is 0 Å². The molecule has 1 atom stereocenters. The van der Waals surface area contributed by atoms with E-state index in [0.717, 1.165) is 31.6 Å². The summed E-state index contributed by atoms with van der Waals surface area (Å²) in [6, 6.07) is 8.59. The van der Waals surface area contributed by atoms with Gasteiger partial charge in [-0.15, -0.1) is 0 Å². The highest BCUT2D eigenvalue weighted by Gasteiger charge is 2.24. The van der Waals surface area contributed by atoms with Crippen LogP contribution in [0.1, 0.15) is 37.6 Å². The minimum Gasteiger partial charge on any atom is -0.478 e. The van der Waals surface area contributed by atoms with Crippen LogP contribution >= 0.6 is 0 Å². The Kier molecular flexibility index (Phi) is 7.65. The lowest BCUT2D eigenvalue weighted by Gasteiger charge is -2.39. The number of sulfonamides is 1. The van der Waals surface area contributed by atoms with E-state index in [0.29, 0.717) is 42.5 Å². The third-order valence-corrected chi connectivity index (χ3v) is 7.93. The van der Waals surface area contributed by atoms with Gasteiger partial charge in [-0.25, -0.2) is 27.0 Å². The number of hydrogen-bond acceptors (Lipinski definition) is 6. The molecule has 4 rings (SSSR count). The van der Waals surface area contributed by atoms with E-state index in [1.807, 2.05) is 0 Å². The molecule has 1 aromatic heterocycles. The van der Waals surface area contributed by atoms with E-state index in [-0.39, 0.29) is 16.6 Å². The maximum absolute atomic E-state index is 13.6. The lowest BCUT2D eigenvalue weighted by atomic mass is 10.0. The number of carbonyl (C=O) groups is 1. The topological polar surface area (TPSA) is 103 Å². The first kappa shape index (κ1) is 26.7. The van der Waals surface area contributed by atoms with Crippen LogP contribution < -0.4 is 9.62 Å². The van der Waals surface area contributed by atoms with E-state index < -0.39 is 32.5 Å². The van der Waals surface area contributed by atoms with Crippen LogP contribution in [0.3, 0.4) is 0 Å². The first-order valence-corrected chi connectivity index (χ1v) is 13.6. The van der Waals surface area contributed by atoms with Crippen molar-refractivity contribution in [2.75, 3.05) is 35.8 Å². The fourth-order valence-electron chi connectivity index (χ4n) is 4.70. The standard InChI is InChI=1S/C26H30F2N4O4S/c1-16(2)12-17(3)31-8-10-32(11-9-31)25-15-21(26(33)34)20-13-18(4-7-24(20)29-25)30-37(35,36)19-5-6-22(27)23(28)14-19/h4-7,13-17,30H,8-12H2,1-3H3,(H,33,34)/t17-/m0/s1. The summed E-state index contributed by atoms with van der Waals surface area (Å²) >= 11 is 0. The van der Waals surface area contributed by atoms with Crippen LogP contribution in [-0.4, -0.2) is 61.6 Å². The molecule has 0 bridgehead atoms.